The summed E-state index contributed by atoms with van der Waals surface area (Å²) in [5, 5.41) is 9.83. The van der Waals surface area contributed by atoms with Crippen molar-refractivity contribution in [3.8, 4) is 11.4 Å². The molecule has 4 N–H and O–H groups in total. The summed E-state index contributed by atoms with van der Waals surface area (Å²) in [5.74, 6) is 1.98. The van der Waals surface area contributed by atoms with Crippen LogP contribution in [0.15, 0.2) is 47.4 Å². The Morgan fingerprint density at radius 3 is 2.54 bits per heavy atom. The average Bonchev–Trinajstić information content (AvgIpc) is 3.14. The third-order valence-electron chi connectivity index (χ3n) is 4.23. The Hall–Kier alpha value is -2.35. The van der Waals surface area contributed by atoms with Crippen LogP contribution in [0.25, 0.3) is 11.4 Å². The Balaban J connectivity index is 0.00000280. The van der Waals surface area contributed by atoms with Crippen molar-refractivity contribution in [1.82, 2.24) is 15.2 Å². The van der Waals surface area contributed by atoms with Gasteiger partial charge in [-0.2, -0.15) is 5.10 Å². The largest absolute Gasteiger partial charge is 0.326 e. The molecule has 0 radical (unpaired) electrons. The number of anilines is 1. The highest BCUT2D eigenvalue weighted by molar-refractivity contribution is 7.99. The van der Waals surface area contributed by atoms with Gasteiger partial charge in [0, 0.05) is 28.3 Å². The molecule has 3 aromatic rings. The molecule has 0 unspecified atom stereocenters. The van der Waals surface area contributed by atoms with Gasteiger partial charge in [0.2, 0.25) is 5.91 Å². The molecular formula is C20H24ClN5OS. The third kappa shape index (κ3) is 5.82. The lowest BCUT2D eigenvalue weighted by atomic mass is 10.1. The molecule has 1 aromatic heterocycles. The molecule has 8 heteroatoms. The number of nitrogens with two attached hydrogens (primary N) is 1. The second kappa shape index (κ2) is 10.3. The summed E-state index contributed by atoms with van der Waals surface area (Å²) in [6, 6.07) is 13.8. The van der Waals surface area contributed by atoms with E-state index in [4.69, 9.17) is 5.73 Å². The van der Waals surface area contributed by atoms with Gasteiger partial charge in [0.15, 0.2) is 5.82 Å². The normalized spacial score (nSPS) is 10.4. The van der Waals surface area contributed by atoms with E-state index in [0.29, 0.717) is 24.6 Å². The average molecular weight is 418 g/mol. The zero-order valence-corrected chi connectivity index (χ0v) is 17.5. The summed E-state index contributed by atoms with van der Waals surface area (Å²) >= 11 is 1.70. The predicted octanol–water partition coefficient (Wildman–Crippen LogP) is 4.09. The quantitative estimate of drug-likeness (QED) is 0.503. The van der Waals surface area contributed by atoms with Crippen LogP contribution in [-0.2, 0) is 11.3 Å². The zero-order chi connectivity index (χ0) is 19.2. The van der Waals surface area contributed by atoms with Gasteiger partial charge in [-0.25, -0.2) is 4.98 Å². The Labute approximate surface area is 175 Å². The number of amides is 1. The zero-order valence-electron chi connectivity index (χ0n) is 15.9. The number of thioether (sulfide) groups is 1. The minimum absolute atomic E-state index is 0. The van der Waals surface area contributed by atoms with Crippen LogP contribution < -0.4 is 11.1 Å². The fourth-order valence-electron chi connectivity index (χ4n) is 2.51. The highest BCUT2D eigenvalue weighted by Crippen LogP contribution is 2.22. The van der Waals surface area contributed by atoms with Crippen LogP contribution in [-0.4, -0.2) is 26.8 Å². The number of carbonyl (C=O) groups is 1. The van der Waals surface area contributed by atoms with Crippen LogP contribution in [0.2, 0.25) is 0 Å². The Morgan fingerprint density at radius 1 is 1.14 bits per heavy atom. The van der Waals surface area contributed by atoms with Gasteiger partial charge in [0.1, 0.15) is 5.82 Å². The lowest BCUT2D eigenvalue weighted by molar-refractivity contribution is -0.115. The number of nitrogens with one attached hydrogen (secondary N) is 2. The SMILES string of the molecule is Cc1ccc(SCCC(=O)Nc2ccc(-c3n[nH]c(CN)n3)cc2)cc1C.Cl. The van der Waals surface area contributed by atoms with E-state index in [1.165, 1.54) is 16.0 Å². The molecular weight excluding hydrogens is 394 g/mol. The van der Waals surface area contributed by atoms with E-state index in [-0.39, 0.29) is 18.3 Å². The highest BCUT2D eigenvalue weighted by atomic mass is 35.5. The number of rotatable bonds is 7. The number of hydrogen-bond acceptors (Lipinski definition) is 5. The molecule has 1 amide bonds. The molecule has 6 nitrogen and oxygen atoms in total. The first-order chi connectivity index (χ1) is 13.0. The molecule has 0 saturated heterocycles. The van der Waals surface area contributed by atoms with Gasteiger partial charge < -0.3 is 11.1 Å². The summed E-state index contributed by atoms with van der Waals surface area (Å²) in [6.07, 6.45) is 0.458. The monoisotopic (exact) mass is 417 g/mol. The number of halogens is 1. The second-order valence-electron chi connectivity index (χ2n) is 6.28. The van der Waals surface area contributed by atoms with E-state index in [9.17, 15) is 4.79 Å². The molecule has 0 bridgehead atoms. The van der Waals surface area contributed by atoms with Crippen molar-refractivity contribution < 1.29 is 4.79 Å². The standard InChI is InChI=1S/C20H23N5OS.ClH/c1-13-3-8-17(11-14(13)2)27-10-9-19(26)22-16-6-4-15(5-7-16)20-23-18(12-21)24-25-20;/h3-8,11H,9-10,12,21H2,1-2H3,(H,22,26)(H,23,24,25);1H. The van der Waals surface area contributed by atoms with Crippen LogP contribution in [0.1, 0.15) is 23.4 Å². The van der Waals surface area contributed by atoms with Crippen molar-refractivity contribution in [3.63, 3.8) is 0 Å². The van der Waals surface area contributed by atoms with Crippen molar-refractivity contribution in [3.05, 3.63) is 59.4 Å². The van der Waals surface area contributed by atoms with Crippen LogP contribution >= 0.6 is 24.2 Å². The van der Waals surface area contributed by atoms with E-state index < -0.39 is 0 Å². The van der Waals surface area contributed by atoms with Gasteiger partial charge in [-0.1, -0.05) is 6.07 Å². The van der Waals surface area contributed by atoms with Gasteiger partial charge in [-0.15, -0.1) is 24.2 Å². The predicted molar refractivity (Wildman–Crippen MR) is 117 cm³/mol. The maximum absolute atomic E-state index is 12.2. The molecule has 148 valence electrons. The van der Waals surface area contributed by atoms with Crippen molar-refractivity contribution in [2.75, 3.05) is 11.1 Å². The molecule has 28 heavy (non-hydrogen) atoms. The topological polar surface area (TPSA) is 96.7 Å². The Morgan fingerprint density at radius 2 is 1.89 bits per heavy atom. The molecule has 1 heterocycles. The van der Waals surface area contributed by atoms with E-state index in [1.54, 1.807) is 11.8 Å². The van der Waals surface area contributed by atoms with Crippen LogP contribution in [0, 0.1) is 13.8 Å². The highest BCUT2D eigenvalue weighted by Gasteiger charge is 2.07. The maximum atomic E-state index is 12.2. The minimum Gasteiger partial charge on any atom is -0.326 e. The lowest BCUT2D eigenvalue weighted by Crippen LogP contribution is -2.12. The van der Waals surface area contributed by atoms with Crippen LogP contribution in [0.3, 0.4) is 0 Å². The van der Waals surface area contributed by atoms with Crippen molar-refractivity contribution in [2.24, 2.45) is 5.73 Å². The van der Waals surface area contributed by atoms with Gasteiger partial charge in [0.05, 0.1) is 6.54 Å². The Bertz CT molecular complexity index is 927. The van der Waals surface area contributed by atoms with Gasteiger partial charge in [-0.05, 0) is 61.4 Å². The van der Waals surface area contributed by atoms with Crippen molar-refractivity contribution in [2.45, 2.75) is 31.7 Å². The van der Waals surface area contributed by atoms with Crippen molar-refractivity contribution >= 4 is 35.8 Å². The Kier molecular flexibility index (Phi) is 8.04. The lowest BCUT2D eigenvalue weighted by Gasteiger charge is -2.07. The first-order valence-electron chi connectivity index (χ1n) is 8.77. The van der Waals surface area contributed by atoms with E-state index >= 15 is 0 Å². The number of hydrogen-bond donors (Lipinski definition) is 3. The maximum Gasteiger partial charge on any atom is 0.225 e. The molecule has 0 atom stereocenters. The number of aromatic nitrogens is 3. The molecule has 0 fully saturated rings. The van der Waals surface area contributed by atoms with E-state index in [2.05, 4.69) is 52.5 Å². The molecule has 3 rings (SSSR count). The van der Waals surface area contributed by atoms with Gasteiger partial charge in [-0.3, -0.25) is 9.89 Å². The molecule has 2 aromatic carbocycles. The summed E-state index contributed by atoms with van der Waals surface area (Å²) in [6.45, 7) is 4.52. The summed E-state index contributed by atoms with van der Waals surface area (Å²) in [4.78, 5) is 17.6. The minimum atomic E-state index is 0. The number of H-pyrrole nitrogens is 1. The molecule has 0 saturated carbocycles. The number of benzene rings is 2. The summed E-state index contributed by atoms with van der Waals surface area (Å²) < 4.78 is 0. The fourth-order valence-corrected chi connectivity index (χ4v) is 3.45. The second-order valence-corrected chi connectivity index (χ2v) is 7.45. The molecule has 0 aliphatic carbocycles. The summed E-state index contributed by atoms with van der Waals surface area (Å²) in [7, 11) is 0. The summed E-state index contributed by atoms with van der Waals surface area (Å²) in [5.41, 5.74) is 9.71. The number of nitrogens with zero attached hydrogens (tertiary/aromatic N) is 2. The molecule has 0 aliphatic rings. The van der Waals surface area contributed by atoms with Crippen molar-refractivity contribution in [1.29, 1.82) is 0 Å². The van der Waals surface area contributed by atoms with Crippen LogP contribution in [0.4, 0.5) is 5.69 Å². The first kappa shape index (κ1) is 21.9. The smallest absolute Gasteiger partial charge is 0.225 e. The molecule has 0 aliphatic heterocycles. The van der Waals surface area contributed by atoms with E-state index in [0.717, 1.165) is 17.0 Å². The number of aryl methyl sites for hydroxylation is 2. The van der Waals surface area contributed by atoms with E-state index in [1.807, 2.05) is 24.3 Å². The van der Waals surface area contributed by atoms with Gasteiger partial charge in [0.25, 0.3) is 0 Å². The third-order valence-corrected chi connectivity index (χ3v) is 5.22. The van der Waals surface area contributed by atoms with Gasteiger partial charge >= 0.3 is 0 Å². The molecule has 0 spiro atoms. The first-order valence-corrected chi connectivity index (χ1v) is 9.75. The van der Waals surface area contributed by atoms with Crippen LogP contribution in [0.5, 0.6) is 0 Å². The number of carbonyl (C=O) groups excluding carboxylic acids is 1. The number of aromatic amines is 1. The fraction of sp³-hybridized carbons (Fsp3) is 0.250.